The highest BCUT2D eigenvalue weighted by Gasteiger charge is 2.07. The van der Waals surface area contributed by atoms with E-state index in [0.717, 1.165) is 16.5 Å². The van der Waals surface area contributed by atoms with E-state index in [1.165, 1.54) is 24.3 Å². The average Bonchev–Trinajstić information content (AvgIpc) is 2.97. The van der Waals surface area contributed by atoms with E-state index >= 15 is 0 Å². The Kier molecular flexibility index (Phi) is 4.93. The molecule has 0 atom stereocenters. The lowest BCUT2D eigenvalue weighted by atomic mass is 10.2. The number of fused-ring (bicyclic) bond motifs is 1. The largest absolute Gasteiger partial charge is 0.484 e. The predicted octanol–water partition coefficient (Wildman–Crippen LogP) is 2.62. The molecule has 132 valence electrons. The quantitative estimate of drug-likeness (QED) is 0.419. The number of nitrogens with one attached hydrogen (secondary N) is 1. The number of carbonyl (C=O) groups is 1. The van der Waals surface area contributed by atoms with Crippen LogP contribution in [0.15, 0.2) is 59.8 Å². The van der Waals surface area contributed by atoms with Crippen LogP contribution in [0.5, 0.6) is 5.75 Å². The number of nitrogens with zero attached hydrogens (tertiary/aromatic N) is 3. The zero-order valence-corrected chi connectivity index (χ0v) is 14.0. The summed E-state index contributed by atoms with van der Waals surface area (Å²) in [6.07, 6.45) is 3.50. The topological polar surface area (TPSA) is 98.8 Å². The second-order valence-electron chi connectivity index (χ2n) is 5.55. The summed E-state index contributed by atoms with van der Waals surface area (Å²) in [6, 6.07) is 13.4. The van der Waals surface area contributed by atoms with Crippen molar-refractivity contribution in [2.24, 2.45) is 12.1 Å². The molecule has 26 heavy (non-hydrogen) atoms. The first-order valence-corrected chi connectivity index (χ1v) is 7.78. The maximum atomic E-state index is 11.8. The second kappa shape index (κ2) is 7.47. The summed E-state index contributed by atoms with van der Waals surface area (Å²) in [5.41, 5.74) is 4.31. The SMILES string of the molecule is Cn1cc(/C=N\NC(=O)COc2ccc([N+](=O)[O-])cc2)c2ccccc21. The zero-order chi connectivity index (χ0) is 18.5. The van der Waals surface area contributed by atoms with Gasteiger partial charge in [-0.2, -0.15) is 5.10 Å². The Bertz CT molecular complexity index is 977. The van der Waals surface area contributed by atoms with Gasteiger partial charge in [0.2, 0.25) is 0 Å². The molecule has 0 bridgehead atoms. The summed E-state index contributed by atoms with van der Waals surface area (Å²) >= 11 is 0. The van der Waals surface area contributed by atoms with E-state index in [1.54, 1.807) is 6.21 Å². The Morgan fingerprint density at radius 2 is 2.00 bits per heavy atom. The molecule has 1 heterocycles. The average molecular weight is 352 g/mol. The first-order chi connectivity index (χ1) is 12.5. The third-order valence-electron chi connectivity index (χ3n) is 3.74. The molecule has 2 aromatic carbocycles. The van der Waals surface area contributed by atoms with Crippen LogP contribution in [0.3, 0.4) is 0 Å². The highest BCUT2D eigenvalue weighted by molar-refractivity contribution is 5.99. The summed E-state index contributed by atoms with van der Waals surface area (Å²) in [5, 5.41) is 15.6. The Balaban J connectivity index is 1.55. The molecule has 1 N–H and O–H groups in total. The molecular weight excluding hydrogens is 336 g/mol. The van der Waals surface area contributed by atoms with Crippen LogP contribution in [0, 0.1) is 10.1 Å². The predicted molar refractivity (Wildman–Crippen MR) is 97.2 cm³/mol. The zero-order valence-electron chi connectivity index (χ0n) is 14.0. The van der Waals surface area contributed by atoms with E-state index in [-0.39, 0.29) is 12.3 Å². The number of rotatable bonds is 6. The molecule has 0 spiro atoms. The minimum absolute atomic E-state index is 0.0403. The van der Waals surface area contributed by atoms with Gasteiger partial charge < -0.3 is 9.30 Å². The number of hydrogen-bond donors (Lipinski definition) is 1. The molecule has 0 saturated carbocycles. The van der Waals surface area contributed by atoms with Crippen LogP contribution in [-0.4, -0.2) is 28.2 Å². The summed E-state index contributed by atoms with van der Waals surface area (Å²) in [6.45, 7) is -0.245. The molecule has 1 aromatic heterocycles. The number of carbonyl (C=O) groups excluding carboxylic acids is 1. The van der Waals surface area contributed by atoms with Gasteiger partial charge in [-0.15, -0.1) is 0 Å². The lowest BCUT2D eigenvalue weighted by Crippen LogP contribution is -2.24. The lowest BCUT2D eigenvalue weighted by Gasteiger charge is -2.04. The molecule has 1 amide bonds. The smallest absolute Gasteiger partial charge is 0.277 e. The molecule has 0 radical (unpaired) electrons. The fourth-order valence-corrected chi connectivity index (χ4v) is 2.49. The Hall–Kier alpha value is -3.68. The van der Waals surface area contributed by atoms with Gasteiger partial charge in [0.25, 0.3) is 11.6 Å². The van der Waals surface area contributed by atoms with Gasteiger partial charge in [-0.05, 0) is 18.2 Å². The highest BCUT2D eigenvalue weighted by atomic mass is 16.6. The Labute approximate surface area is 148 Å². The third-order valence-corrected chi connectivity index (χ3v) is 3.74. The van der Waals surface area contributed by atoms with Crippen molar-refractivity contribution in [3.63, 3.8) is 0 Å². The summed E-state index contributed by atoms with van der Waals surface area (Å²) in [5.74, 6) is -0.0661. The third kappa shape index (κ3) is 3.86. The first-order valence-electron chi connectivity index (χ1n) is 7.78. The van der Waals surface area contributed by atoms with Crippen LogP contribution in [0.1, 0.15) is 5.56 Å². The molecule has 8 heteroatoms. The minimum atomic E-state index is -0.502. The van der Waals surface area contributed by atoms with Gasteiger partial charge in [0.1, 0.15) is 5.75 Å². The summed E-state index contributed by atoms with van der Waals surface area (Å²) < 4.78 is 7.25. The van der Waals surface area contributed by atoms with Crippen molar-refractivity contribution in [1.29, 1.82) is 0 Å². The fourth-order valence-electron chi connectivity index (χ4n) is 2.49. The van der Waals surface area contributed by atoms with Gasteiger partial charge in [0.15, 0.2) is 6.61 Å². The van der Waals surface area contributed by atoms with E-state index < -0.39 is 10.8 Å². The highest BCUT2D eigenvalue weighted by Crippen LogP contribution is 2.18. The van der Waals surface area contributed by atoms with Crippen molar-refractivity contribution in [3.8, 4) is 5.75 Å². The molecule has 3 aromatic rings. The van der Waals surface area contributed by atoms with Crippen molar-refractivity contribution in [2.45, 2.75) is 0 Å². The fraction of sp³-hybridized carbons (Fsp3) is 0.111. The van der Waals surface area contributed by atoms with Crippen molar-refractivity contribution in [3.05, 3.63) is 70.4 Å². The van der Waals surface area contributed by atoms with E-state index in [4.69, 9.17) is 4.74 Å². The van der Waals surface area contributed by atoms with Gasteiger partial charge in [-0.3, -0.25) is 14.9 Å². The number of aryl methyl sites for hydroxylation is 1. The molecule has 0 fully saturated rings. The molecule has 0 aliphatic rings. The van der Waals surface area contributed by atoms with E-state index in [0.29, 0.717) is 5.75 Å². The second-order valence-corrected chi connectivity index (χ2v) is 5.55. The van der Waals surface area contributed by atoms with Crippen molar-refractivity contribution in [1.82, 2.24) is 9.99 Å². The van der Waals surface area contributed by atoms with E-state index in [9.17, 15) is 14.9 Å². The molecule has 0 saturated heterocycles. The molecule has 3 rings (SSSR count). The van der Waals surface area contributed by atoms with Crippen molar-refractivity contribution >= 4 is 28.7 Å². The monoisotopic (exact) mass is 352 g/mol. The maximum Gasteiger partial charge on any atom is 0.277 e. The number of amides is 1. The van der Waals surface area contributed by atoms with Gasteiger partial charge in [-0.1, -0.05) is 18.2 Å². The van der Waals surface area contributed by atoms with Crippen LogP contribution in [-0.2, 0) is 11.8 Å². The number of nitro benzene ring substituents is 1. The van der Waals surface area contributed by atoms with Crippen LogP contribution in [0.4, 0.5) is 5.69 Å². The molecule has 8 nitrogen and oxygen atoms in total. The van der Waals surface area contributed by atoms with Crippen molar-refractivity contribution < 1.29 is 14.5 Å². The molecular formula is C18H16N4O4. The number of nitro groups is 1. The van der Waals surface area contributed by atoms with Crippen LogP contribution in [0.25, 0.3) is 10.9 Å². The lowest BCUT2D eigenvalue weighted by molar-refractivity contribution is -0.384. The molecule has 0 unspecified atom stereocenters. The molecule has 0 aliphatic heterocycles. The normalized spacial score (nSPS) is 11.0. The standard InChI is InChI=1S/C18H16N4O4/c1-21-11-13(16-4-2-3-5-17(16)21)10-19-20-18(23)12-26-15-8-6-14(7-9-15)22(24)25/h2-11H,12H2,1H3,(H,20,23)/b19-10-. The van der Waals surface area contributed by atoms with Crippen LogP contribution >= 0.6 is 0 Å². The number of hydrazone groups is 1. The van der Waals surface area contributed by atoms with E-state index in [1.807, 2.05) is 42.1 Å². The number of hydrogen-bond acceptors (Lipinski definition) is 5. The number of para-hydroxylation sites is 1. The van der Waals surface area contributed by atoms with Crippen molar-refractivity contribution in [2.75, 3.05) is 6.61 Å². The number of ether oxygens (including phenoxy) is 1. The first kappa shape index (κ1) is 17.2. The van der Waals surface area contributed by atoms with Gasteiger partial charge in [0, 0.05) is 41.8 Å². The Morgan fingerprint density at radius 1 is 1.27 bits per heavy atom. The van der Waals surface area contributed by atoms with Gasteiger partial charge in [-0.25, -0.2) is 5.43 Å². The number of non-ortho nitro benzene ring substituents is 1. The van der Waals surface area contributed by atoms with Crippen LogP contribution in [0.2, 0.25) is 0 Å². The summed E-state index contributed by atoms with van der Waals surface area (Å²) in [7, 11) is 1.94. The molecule has 0 aliphatic carbocycles. The number of aromatic nitrogens is 1. The minimum Gasteiger partial charge on any atom is -0.484 e. The Morgan fingerprint density at radius 3 is 2.73 bits per heavy atom. The van der Waals surface area contributed by atoms with Gasteiger partial charge in [0.05, 0.1) is 11.1 Å². The summed E-state index contributed by atoms with van der Waals surface area (Å²) in [4.78, 5) is 21.9. The van der Waals surface area contributed by atoms with Gasteiger partial charge >= 0.3 is 0 Å². The van der Waals surface area contributed by atoms with E-state index in [2.05, 4.69) is 10.5 Å². The number of benzene rings is 2. The van der Waals surface area contributed by atoms with Crippen LogP contribution < -0.4 is 10.2 Å². The maximum absolute atomic E-state index is 11.8.